The van der Waals surface area contributed by atoms with Crippen LogP contribution >= 0.6 is 11.6 Å². The van der Waals surface area contributed by atoms with Gasteiger partial charge in [-0.1, -0.05) is 54.8 Å². The van der Waals surface area contributed by atoms with E-state index in [4.69, 9.17) is 11.6 Å². The number of carbonyl (C=O) groups excluding carboxylic acids is 1. The summed E-state index contributed by atoms with van der Waals surface area (Å²) in [5.74, 6) is 0.0316. The van der Waals surface area contributed by atoms with E-state index in [1.54, 1.807) is 6.08 Å². The van der Waals surface area contributed by atoms with Crippen LogP contribution in [0.2, 0.25) is 0 Å². The summed E-state index contributed by atoms with van der Waals surface area (Å²) in [5, 5.41) is 0.331. The highest BCUT2D eigenvalue weighted by Gasteiger charge is 2.05. The monoisotopic (exact) mass is 236 g/mol. The fourth-order valence-corrected chi connectivity index (χ4v) is 1.57. The Bertz CT molecular complexity index is 376. The average molecular weight is 237 g/mol. The van der Waals surface area contributed by atoms with Crippen molar-refractivity contribution in [2.24, 2.45) is 0 Å². The van der Waals surface area contributed by atoms with Crippen molar-refractivity contribution in [2.75, 3.05) is 0 Å². The van der Waals surface area contributed by atoms with Crippen molar-refractivity contribution in [2.45, 2.75) is 33.1 Å². The van der Waals surface area contributed by atoms with E-state index < -0.39 is 0 Å². The highest BCUT2D eigenvalue weighted by molar-refractivity contribution is 6.44. The number of unbranched alkanes of at least 4 members (excludes halogenated alkanes) is 1. The Labute approximate surface area is 102 Å². The quantitative estimate of drug-likeness (QED) is 0.696. The van der Waals surface area contributed by atoms with Crippen LogP contribution in [0.1, 0.15) is 37.3 Å². The van der Waals surface area contributed by atoms with Crippen LogP contribution in [0.3, 0.4) is 0 Å². The molecule has 0 unspecified atom stereocenters. The summed E-state index contributed by atoms with van der Waals surface area (Å²) in [6, 6.07) is 7.94. The van der Waals surface area contributed by atoms with Gasteiger partial charge in [0, 0.05) is 6.42 Å². The van der Waals surface area contributed by atoms with Crippen LogP contribution in [0.4, 0.5) is 0 Å². The molecule has 0 saturated heterocycles. The van der Waals surface area contributed by atoms with Gasteiger partial charge < -0.3 is 0 Å². The summed E-state index contributed by atoms with van der Waals surface area (Å²) in [4.78, 5) is 11.6. The second-order valence-electron chi connectivity index (χ2n) is 3.93. The standard InChI is InChI=1S/C14H17ClO/c1-3-4-5-14(16)13(15)10-12-8-6-11(2)7-9-12/h6-10H,3-5H2,1-2H3/b13-10-. The Kier molecular flexibility index (Phi) is 5.27. The molecule has 0 aromatic heterocycles. The normalized spacial score (nSPS) is 11.6. The molecule has 0 N–H and O–H groups in total. The van der Waals surface area contributed by atoms with Crippen LogP contribution in [0, 0.1) is 6.92 Å². The van der Waals surface area contributed by atoms with E-state index >= 15 is 0 Å². The Balaban J connectivity index is 2.68. The molecule has 1 rings (SSSR count). The van der Waals surface area contributed by atoms with E-state index in [0.717, 1.165) is 18.4 Å². The van der Waals surface area contributed by atoms with Gasteiger partial charge in [-0.2, -0.15) is 0 Å². The molecule has 1 nitrogen and oxygen atoms in total. The number of rotatable bonds is 5. The first kappa shape index (κ1) is 13.0. The lowest BCUT2D eigenvalue weighted by Crippen LogP contribution is -1.96. The lowest BCUT2D eigenvalue weighted by atomic mass is 10.1. The predicted molar refractivity (Wildman–Crippen MR) is 69.5 cm³/mol. The van der Waals surface area contributed by atoms with Crippen LogP contribution in [0.25, 0.3) is 6.08 Å². The molecule has 1 aromatic carbocycles. The van der Waals surface area contributed by atoms with Crippen molar-refractivity contribution in [3.63, 3.8) is 0 Å². The van der Waals surface area contributed by atoms with E-state index in [1.807, 2.05) is 31.2 Å². The van der Waals surface area contributed by atoms with Crippen molar-refractivity contribution in [3.05, 3.63) is 40.4 Å². The highest BCUT2D eigenvalue weighted by Crippen LogP contribution is 2.14. The minimum atomic E-state index is 0.0316. The van der Waals surface area contributed by atoms with Gasteiger partial charge in [0.25, 0.3) is 0 Å². The molecule has 16 heavy (non-hydrogen) atoms. The topological polar surface area (TPSA) is 17.1 Å². The third-order valence-corrected chi connectivity index (χ3v) is 2.71. The first-order valence-electron chi connectivity index (χ1n) is 5.60. The molecular formula is C14H17ClO. The number of allylic oxidation sites excluding steroid dienone is 1. The van der Waals surface area contributed by atoms with Gasteiger partial charge in [-0.3, -0.25) is 4.79 Å². The number of Topliss-reactive ketones (excluding diaryl/α,β-unsaturated/α-hetero) is 1. The summed E-state index contributed by atoms with van der Waals surface area (Å²) < 4.78 is 0. The first-order chi connectivity index (χ1) is 7.63. The fourth-order valence-electron chi connectivity index (χ4n) is 1.35. The van der Waals surface area contributed by atoms with Gasteiger partial charge in [-0.25, -0.2) is 0 Å². The van der Waals surface area contributed by atoms with Crippen LogP contribution in [0.5, 0.6) is 0 Å². The lowest BCUT2D eigenvalue weighted by Gasteiger charge is -1.99. The number of hydrogen-bond acceptors (Lipinski definition) is 1. The zero-order valence-corrected chi connectivity index (χ0v) is 10.6. The van der Waals surface area contributed by atoms with Crippen LogP contribution in [-0.2, 0) is 4.79 Å². The molecule has 0 spiro atoms. The second-order valence-corrected chi connectivity index (χ2v) is 4.34. The Hall–Kier alpha value is -1.08. The minimum Gasteiger partial charge on any atom is -0.293 e. The van der Waals surface area contributed by atoms with Gasteiger partial charge in [0.2, 0.25) is 0 Å². The molecule has 1 aromatic rings. The molecule has 0 amide bonds. The molecule has 0 heterocycles. The van der Waals surface area contributed by atoms with Crippen molar-refractivity contribution >= 4 is 23.5 Å². The number of hydrogen-bond donors (Lipinski definition) is 0. The summed E-state index contributed by atoms with van der Waals surface area (Å²) in [5.41, 5.74) is 2.17. The van der Waals surface area contributed by atoms with Crippen molar-refractivity contribution in [1.29, 1.82) is 0 Å². The largest absolute Gasteiger partial charge is 0.293 e. The Morgan fingerprint density at radius 1 is 1.31 bits per heavy atom. The van der Waals surface area contributed by atoms with E-state index in [0.29, 0.717) is 11.5 Å². The maximum absolute atomic E-state index is 11.6. The first-order valence-corrected chi connectivity index (χ1v) is 5.98. The number of aryl methyl sites for hydroxylation is 1. The average Bonchev–Trinajstić information content (AvgIpc) is 2.29. The van der Waals surface area contributed by atoms with Gasteiger partial charge in [-0.15, -0.1) is 0 Å². The van der Waals surface area contributed by atoms with Gasteiger partial charge in [0.05, 0.1) is 5.03 Å². The zero-order chi connectivity index (χ0) is 12.0. The molecule has 86 valence electrons. The Morgan fingerprint density at radius 2 is 1.94 bits per heavy atom. The molecule has 0 atom stereocenters. The van der Waals surface area contributed by atoms with E-state index in [2.05, 4.69) is 6.92 Å². The molecule has 0 aliphatic rings. The summed E-state index contributed by atoms with van der Waals surface area (Å²) in [6.45, 7) is 4.09. The van der Waals surface area contributed by atoms with Gasteiger partial charge >= 0.3 is 0 Å². The van der Waals surface area contributed by atoms with Crippen LogP contribution in [0.15, 0.2) is 29.3 Å². The Morgan fingerprint density at radius 3 is 2.50 bits per heavy atom. The third kappa shape index (κ3) is 4.19. The number of benzene rings is 1. The van der Waals surface area contributed by atoms with E-state index in [1.165, 1.54) is 5.56 Å². The SMILES string of the molecule is CCCCC(=O)/C(Cl)=C/c1ccc(C)cc1. The maximum atomic E-state index is 11.6. The minimum absolute atomic E-state index is 0.0316. The third-order valence-electron chi connectivity index (χ3n) is 2.39. The maximum Gasteiger partial charge on any atom is 0.174 e. The predicted octanol–water partition coefficient (Wildman–Crippen LogP) is 4.33. The molecular weight excluding hydrogens is 220 g/mol. The summed E-state index contributed by atoms with van der Waals surface area (Å²) >= 11 is 5.95. The lowest BCUT2D eigenvalue weighted by molar-refractivity contribution is -0.115. The fraction of sp³-hybridized carbons (Fsp3) is 0.357. The molecule has 0 fully saturated rings. The number of halogens is 1. The molecule has 0 bridgehead atoms. The molecule has 0 aliphatic carbocycles. The second kappa shape index (κ2) is 6.49. The van der Waals surface area contributed by atoms with Crippen molar-refractivity contribution in [3.8, 4) is 0 Å². The summed E-state index contributed by atoms with van der Waals surface area (Å²) in [6.07, 6.45) is 4.19. The van der Waals surface area contributed by atoms with Gasteiger partial charge in [0.15, 0.2) is 5.78 Å². The molecule has 2 heteroatoms. The molecule has 0 aliphatic heterocycles. The van der Waals surface area contributed by atoms with Gasteiger partial charge in [-0.05, 0) is 25.0 Å². The van der Waals surface area contributed by atoms with Crippen LogP contribution < -0.4 is 0 Å². The number of ketones is 1. The van der Waals surface area contributed by atoms with E-state index in [-0.39, 0.29) is 5.78 Å². The van der Waals surface area contributed by atoms with E-state index in [9.17, 15) is 4.79 Å². The molecule has 0 saturated carbocycles. The highest BCUT2D eigenvalue weighted by atomic mass is 35.5. The number of carbonyl (C=O) groups is 1. The molecule has 0 radical (unpaired) electrons. The smallest absolute Gasteiger partial charge is 0.174 e. The van der Waals surface area contributed by atoms with Crippen LogP contribution in [-0.4, -0.2) is 5.78 Å². The van der Waals surface area contributed by atoms with Crippen molar-refractivity contribution in [1.82, 2.24) is 0 Å². The zero-order valence-electron chi connectivity index (χ0n) is 9.79. The van der Waals surface area contributed by atoms with Crippen molar-refractivity contribution < 1.29 is 4.79 Å². The summed E-state index contributed by atoms with van der Waals surface area (Å²) in [7, 11) is 0. The van der Waals surface area contributed by atoms with Gasteiger partial charge in [0.1, 0.15) is 0 Å².